The lowest BCUT2D eigenvalue weighted by Crippen LogP contribution is -2.38. The maximum Gasteiger partial charge on any atom is 0.245 e. The molecule has 1 aromatic heterocycles. The summed E-state index contributed by atoms with van der Waals surface area (Å²) in [4.78, 5) is 14.5. The van der Waals surface area contributed by atoms with E-state index in [0.717, 1.165) is 37.8 Å². The van der Waals surface area contributed by atoms with Crippen LogP contribution in [0.3, 0.4) is 0 Å². The fourth-order valence-corrected chi connectivity index (χ4v) is 5.41. The molecular formula is C21H30N4O4S. The Morgan fingerprint density at radius 2 is 1.90 bits per heavy atom. The molecule has 30 heavy (non-hydrogen) atoms. The smallest absolute Gasteiger partial charge is 0.245 e. The Hall–Kier alpha value is -2.23. The Balaban J connectivity index is 1.68. The van der Waals surface area contributed by atoms with E-state index in [1.807, 2.05) is 13.0 Å². The van der Waals surface area contributed by atoms with E-state index < -0.39 is 10.0 Å². The van der Waals surface area contributed by atoms with Crippen LogP contribution in [0.1, 0.15) is 43.6 Å². The van der Waals surface area contributed by atoms with E-state index >= 15 is 0 Å². The van der Waals surface area contributed by atoms with Gasteiger partial charge in [-0.2, -0.15) is 4.31 Å². The molecule has 0 saturated heterocycles. The Morgan fingerprint density at radius 1 is 1.20 bits per heavy atom. The summed E-state index contributed by atoms with van der Waals surface area (Å²) in [6, 6.07) is 8.39. The van der Waals surface area contributed by atoms with Crippen LogP contribution in [-0.4, -0.2) is 55.4 Å². The van der Waals surface area contributed by atoms with Gasteiger partial charge in [0.15, 0.2) is 0 Å². The second-order valence-corrected chi connectivity index (χ2v) is 9.92. The quantitative estimate of drug-likeness (QED) is 0.686. The zero-order valence-electron chi connectivity index (χ0n) is 17.8. The van der Waals surface area contributed by atoms with Crippen LogP contribution in [-0.2, 0) is 21.4 Å². The van der Waals surface area contributed by atoms with E-state index in [0.29, 0.717) is 18.0 Å². The second kappa shape index (κ2) is 9.72. The highest BCUT2D eigenvalue weighted by molar-refractivity contribution is 7.89. The first kappa shape index (κ1) is 22.5. The monoisotopic (exact) mass is 434 g/mol. The van der Waals surface area contributed by atoms with Crippen molar-refractivity contribution in [3.05, 3.63) is 41.8 Å². The van der Waals surface area contributed by atoms with Crippen molar-refractivity contribution in [3.8, 4) is 0 Å². The average molecular weight is 435 g/mol. The van der Waals surface area contributed by atoms with Crippen LogP contribution in [0.4, 0.5) is 5.69 Å². The van der Waals surface area contributed by atoms with Crippen molar-refractivity contribution in [3.63, 3.8) is 0 Å². The van der Waals surface area contributed by atoms with Gasteiger partial charge in [0.1, 0.15) is 10.7 Å². The highest BCUT2D eigenvalue weighted by atomic mass is 32.2. The minimum Gasteiger partial charge on any atom is -0.361 e. The molecule has 1 amide bonds. The van der Waals surface area contributed by atoms with Gasteiger partial charge < -0.3 is 9.84 Å². The minimum absolute atomic E-state index is 0.00422. The van der Waals surface area contributed by atoms with Gasteiger partial charge >= 0.3 is 0 Å². The van der Waals surface area contributed by atoms with Crippen LogP contribution >= 0.6 is 0 Å². The number of benzene rings is 1. The fourth-order valence-electron chi connectivity index (χ4n) is 3.85. The standard InChI is InChI=1S/C21H30N4O4S/c1-16-13-17(23-29-16)14-24(2)15-21(26)22-19-11-7-8-12-20(19)30(27,28)25(3)18-9-5-4-6-10-18/h7-8,11-13,18H,4-6,9-10,14-15H2,1-3H3,(H,22,26). The summed E-state index contributed by atoms with van der Waals surface area (Å²) in [5.41, 5.74) is 1.04. The molecule has 1 saturated carbocycles. The number of anilines is 1. The molecule has 1 N–H and O–H groups in total. The number of rotatable bonds is 8. The molecule has 1 aromatic carbocycles. The highest BCUT2D eigenvalue weighted by Gasteiger charge is 2.31. The van der Waals surface area contributed by atoms with Crippen LogP contribution < -0.4 is 5.32 Å². The highest BCUT2D eigenvalue weighted by Crippen LogP contribution is 2.29. The molecule has 1 fully saturated rings. The van der Waals surface area contributed by atoms with E-state index in [9.17, 15) is 13.2 Å². The van der Waals surface area contributed by atoms with Gasteiger partial charge in [0, 0.05) is 25.7 Å². The molecule has 1 aliphatic rings. The first-order valence-corrected chi connectivity index (χ1v) is 11.7. The molecule has 1 heterocycles. The lowest BCUT2D eigenvalue weighted by atomic mass is 9.96. The summed E-state index contributed by atoms with van der Waals surface area (Å²) in [7, 11) is -0.275. The van der Waals surface area contributed by atoms with Gasteiger partial charge in [-0.05, 0) is 38.9 Å². The van der Waals surface area contributed by atoms with Gasteiger partial charge in [-0.15, -0.1) is 0 Å². The van der Waals surface area contributed by atoms with Gasteiger partial charge in [0.05, 0.1) is 17.9 Å². The molecule has 0 unspecified atom stereocenters. The molecule has 0 aliphatic heterocycles. The van der Waals surface area contributed by atoms with E-state index in [1.54, 1.807) is 43.3 Å². The number of amides is 1. The van der Waals surface area contributed by atoms with Gasteiger partial charge in [0.2, 0.25) is 15.9 Å². The summed E-state index contributed by atoms with van der Waals surface area (Å²) >= 11 is 0. The largest absolute Gasteiger partial charge is 0.361 e. The summed E-state index contributed by atoms with van der Waals surface area (Å²) in [6.45, 7) is 2.36. The van der Waals surface area contributed by atoms with Crippen molar-refractivity contribution >= 4 is 21.6 Å². The van der Waals surface area contributed by atoms with Crippen molar-refractivity contribution in [1.82, 2.24) is 14.4 Å². The van der Waals surface area contributed by atoms with Crippen molar-refractivity contribution < 1.29 is 17.7 Å². The van der Waals surface area contributed by atoms with Gasteiger partial charge in [-0.1, -0.05) is 36.6 Å². The summed E-state index contributed by atoms with van der Waals surface area (Å²) in [5, 5.41) is 6.69. The number of carbonyl (C=O) groups excluding carboxylic acids is 1. The van der Waals surface area contributed by atoms with Crippen LogP contribution in [0.5, 0.6) is 0 Å². The number of sulfonamides is 1. The van der Waals surface area contributed by atoms with E-state index in [4.69, 9.17) is 4.52 Å². The third kappa shape index (κ3) is 5.47. The molecule has 0 bridgehead atoms. The Labute approximate surface area is 178 Å². The third-order valence-corrected chi connectivity index (χ3v) is 7.40. The maximum absolute atomic E-state index is 13.2. The summed E-state index contributed by atoms with van der Waals surface area (Å²) in [5.74, 6) is 0.421. The number of hydrogen-bond acceptors (Lipinski definition) is 6. The zero-order valence-corrected chi connectivity index (χ0v) is 18.6. The summed E-state index contributed by atoms with van der Waals surface area (Å²) < 4.78 is 33.0. The van der Waals surface area contributed by atoms with Gasteiger partial charge in [-0.3, -0.25) is 9.69 Å². The molecular weight excluding hydrogens is 404 g/mol. The Bertz CT molecular complexity index is 967. The number of para-hydroxylation sites is 1. The maximum atomic E-state index is 13.2. The van der Waals surface area contributed by atoms with Crippen molar-refractivity contribution in [2.75, 3.05) is 26.0 Å². The normalized spacial score (nSPS) is 15.6. The molecule has 164 valence electrons. The number of nitrogens with one attached hydrogen (secondary N) is 1. The number of aromatic nitrogens is 1. The lowest BCUT2D eigenvalue weighted by Gasteiger charge is -2.31. The topological polar surface area (TPSA) is 95.8 Å². The van der Waals surface area contributed by atoms with Gasteiger partial charge in [-0.25, -0.2) is 8.42 Å². The average Bonchev–Trinajstić information content (AvgIpc) is 3.12. The van der Waals surface area contributed by atoms with E-state index in [2.05, 4.69) is 10.5 Å². The van der Waals surface area contributed by atoms with Gasteiger partial charge in [0.25, 0.3) is 0 Å². The lowest BCUT2D eigenvalue weighted by molar-refractivity contribution is -0.117. The Morgan fingerprint density at radius 3 is 2.57 bits per heavy atom. The molecule has 0 spiro atoms. The fraction of sp³-hybridized carbons (Fsp3) is 0.524. The van der Waals surface area contributed by atoms with Crippen molar-refractivity contribution in [2.24, 2.45) is 0 Å². The minimum atomic E-state index is -3.71. The van der Waals surface area contributed by atoms with E-state index in [-0.39, 0.29) is 23.4 Å². The second-order valence-electron chi connectivity index (χ2n) is 7.96. The molecule has 9 heteroatoms. The number of aryl methyl sites for hydroxylation is 1. The molecule has 3 rings (SSSR count). The van der Waals surface area contributed by atoms with E-state index in [1.165, 1.54) is 4.31 Å². The molecule has 1 aliphatic carbocycles. The first-order chi connectivity index (χ1) is 14.3. The molecule has 8 nitrogen and oxygen atoms in total. The Kier molecular flexibility index (Phi) is 7.27. The molecule has 2 aromatic rings. The zero-order chi connectivity index (χ0) is 21.7. The molecule has 0 radical (unpaired) electrons. The number of carbonyl (C=O) groups is 1. The third-order valence-electron chi connectivity index (χ3n) is 5.43. The number of hydrogen-bond donors (Lipinski definition) is 1. The van der Waals surface area contributed by atoms with Crippen LogP contribution in [0.2, 0.25) is 0 Å². The van der Waals surface area contributed by atoms with Crippen LogP contribution in [0, 0.1) is 6.92 Å². The SMILES string of the molecule is Cc1cc(CN(C)CC(=O)Nc2ccccc2S(=O)(=O)N(C)C2CCCCC2)no1. The van der Waals surface area contributed by atoms with Crippen LogP contribution in [0.25, 0.3) is 0 Å². The predicted molar refractivity (Wildman–Crippen MR) is 114 cm³/mol. The number of likely N-dealkylation sites (N-methyl/N-ethyl adjacent to an activating group) is 1. The molecule has 0 atom stereocenters. The predicted octanol–water partition coefficient (Wildman–Crippen LogP) is 3.01. The first-order valence-electron chi connectivity index (χ1n) is 10.2. The van der Waals surface area contributed by atoms with Crippen molar-refractivity contribution in [1.29, 1.82) is 0 Å². The van der Waals surface area contributed by atoms with Crippen molar-refractivity contribution in [2.45, 2.75) is 56.5 Å². The summed E-state index contributed by atoms with van der Waals surface area (Å²) in [6.07, 6.45) is 4.98. The number of nitrogens with zero attached hydrogens (tertiary/aromatic N) is 3. The van der Waals surface area contributed by atoms with Crippen LogP contribution in [0.15, 0.2) is 39.8 Å².